The first kappa shape index (κ1) is 19.2. The van der Waals surface area contributed by atoms with Gasteiger partial charge < -0.3 is 9.47 Å². The topological polar surface area (TPSA) is 52.6 Å². The summed E-state index contributed by atoms with van der Waals surface area (Å²) in [6.07, 6.45) is 3.80. The maximum atomic E-state index is 12.1. The molecule has 0 saturated carbocycles. The van der Waals surface area contributed by atoms with Crippen molar-refractivity contribution in [3.63, 3.8) is 0 Å². The zero-order chi connectivity index (χ0) is 18.9. The van der Waals surface area contributed by atoms with Crippen molar-refractivity contribution in [2.24, 2.45) is 5.92 Å². The van der Waals surface area contributed by atoms with Crippen molar-refractivity contribution >= 4 is 11.9 Å². The number of hydrogen-bond donors (Lipinski definition) is 0. The number of esters is 2. The van der Waals surface area contributed by atoms with Crippen molar-refractivity contribution in [3.05, 3.63) is 79.4 Å². The van der Waals surface area contributed by atoms with Crippen LogP contribution >= 0.6 is 0 Å². The smallest absolute Gasteiger partial charge is 0.338 e. The molecule has 134 valence electrons. The van der Waals surface area contributed by atoms with Gasteiger partial charge in [-0.2, -0.15) is 0 Å². The van der Waals surface area contributed by atoms with E-state index in [0.717, 1.165) is 23.6 Å². The zero-order valence-corrected chi connectivity index (χ0v) is 14.8. The van der Waals surface area contributed by atoms with Crippen molar-refractivity contribution in [1.82, 2.24) is 0 Å². The summed E-state index contributed by atoms with van der Waals surface area (Å²) in [5, 5.41) is 0. The molecule has 4 heteroatoms. The monoisotopic (exact) mass is 350 g/mol. The van der Waals surface area contributed by atoms with Crippen molar-refractivity contribution in [1.29, 1.82) is 0 Å². The number of carbonyl (C=O) groups excluding carboxylic acids is 2. The molecule has 0 aromatic heterocycles. The lowest BCUT2D eigenvalue weighted by Crippen LogP contribution is -2.12. The van der Waals surface area contributed by atoms with Crippen molar-refractivity contribution in [2.45, 2.75) is 13.3 Å². The standard InChI is InChI=1S/C22H22O4/c1-4-16(5-2)15-25-22(24)19-9-7-17(8-10-19)18-11-13-20(14-12-18)26-21(23)6-3/h4,6-14,16H,1,3,5,15H2,2H3. The van der Waals surface area contributed by atoms with E-state index in [4.69, 9.17) is 9.47 Å². The van der Waals surface area contributed by atoms with Crippen molar-refractivity contribution in [3.8, 4) is 16.9 Å². The van der Waals surface area contributed by atoms with E-state index in [1.807, 2.05) is 31.2 Å². The van der Waals surface area contributed by atoms with Crippen LogP contribution in [0.3, 0.4) is 0 Å². The molecule has 0 aliphatic heterocycles. The van der Waals surface area contributed by atoms with Crippen LogP contribution in [-0.2, 0) is 9.53 Å². The Morgan fingerprint density at radius 2 is 1.58 bits per heavy atom. The normalized spacial score (nSPS) is 11.3. The summed E-state index contributed by atoms with van der Waals surface area (Å²) in [6, 6.07) is 14.3. The van der Waals surface area contributed by atoms with E-state index >= 15 is 0 Å². The van der Waals surface area contributed by atoms with Gasteiger partial charge in [0.2, 0.25) is 0 Å². The molecule has 1 unspecified atom stereocenters. The molecule has 0 heterocycles. The molecule has 0 bridgehead atoms. The number of carbonyl (C=O) groups is 2. The molecule has 0 amide bonds. The van der Waals surface area contributed by atoms with E-state index in [1.54, 1.807) is 30.3 Å². The molecule has 1 atom stereocenters. The van der Waals surface area contributed by atoms with Gasteiger partial charge in [-0.05, 0) is 41.8 Å². The number of benzene rings is 2. The molecule has 0 radical (unpaired) electrons. The Morgan fingerprint density at radius 3 is 2.08 bits per heavy atom. The van der Waals surface area contributed by atoms with Crippen LogP contribution in [-0.4, -0.2) is 18.5 Å². The highest BCUT2D eigenvalue weighted by molar-refractivity contribution is 5.90. The number of hydrogen-bond acceptors (Lipinski definition) is 4. The van der Waals surface area contributed by atoms with Crippen LogP contribution in [0.25, 0.3) is 11.1 Å². The molecule has 0 aliphatic carbocycles. The fourth-order valence-electron chi connectivity index (χ4n) is 2.29. The van der Waals surface area contributed by atoms with Gasteiger partial charge in [0.15, 0.2) is 0 Å². The maximum Gasteiger partial charge on any atom is 0.338 e. The molecule has 26 heavy (non-hydrogen) atoms. The Labute approximate surface area is 153 Å². The van der Waals surface area contributed by atoms with Gasteiger partial charge in [0.05, 0.1) is 12.2 Å². The second-order valence-electron chi connectivity index (χ2n) is 5.73. The highest BCUT2D eigenvalue weighted by atomic mass is 16.5. The first-order valence-corrected chi connectivity index (χ1v) is 8.41. The summed E-state index contributed by atoms with van der Waals surface area (Å²) >= 11 is 0. The minimum atomic E-state index is -0.498. The van der Waals surface area contributed by atoms with Crippen molar-refractivity contribution in [2.75, 3.05) is 6.61 Å². The fraction of sp³-hybridized carbons (Fsp3) is 0.182. The lowest BCUT2D eigenvalue weighted by Gasteiger charge is -2.11. The van der Waals surface area contributed by atoms with Gasteiger partial charge in [0, 0.05) is 12.0 Å². The average molecular weight is 350 g/mol. The van der Waals surface area contributed by atoms with Crippen LogP contribution in [0.4, 0.5) is 0 Å². The summed E-state index contributed by atoms with van der Waals surface area (Å²) in [7, 11) is 0. The van der Waals surface area contributed by atoms with Crippen molar-refractivity contribution < 1.29 is 19.1 Å². The molecule has 0 saturated heterocycles. The number of rotatable bonds is 8. The quantitative estimate of drug-likeness (QED) is 0.297. The predicted molar refractivity (Wildman–Crippen MR) is 102 cm³/mol. The molecule has 4 nitrogen and oxygen atoms in total. The second kappa shape index (κ2) is 9.37. The molecule has 2 aromatic rings. The van der Waals surface area contributed by atoms with Crippen LogP contribution in [0.2, 0.25) is 0 Å². The Hall–Kier alpha value is -3.14. The van der Waals surface area contributed by atoms with E-state index < -0.39 is 5.97 Å². The Kier molecular flexibility index (Phi) is 6.92. The largest absolute Gasteiger partial charge is 0.461 e. The van der Waals surface area contributed by atoms with E-state index in [1.165, 1.54) is 0 Å². The minimum absolute atomic E-state index is 0.173. The Morgan fingerprint density at radius 1 is 1.00 bits per heavy atom. The predicted octanol–water partition coefficient (Wildman–Crippen LogP) is 4.81. The summed E-state index contributed by atoms with van der Waals surface area (Å²) in [5.74, 6) is -0.218. The average Bonchev–Trinajstić information content (AvgIpc) is 2.69. The maximum absolute atomic E-state index is 12.1. The van der Waals surface area contributed by atoms with Gasteiger partial charge in [0.25, 0.3) is 0 Å². The first-order chi connectivity index (χ1) is 12.6. The SMILES string of the molecule is C=CC(=O)Oc1ccc(-c2ccc(C(=O)OCC(C=C)CC)cc2)cc1. The lowest BCUT2D eigenvalue weighted by molar-refractivity contribution is -0.128. The molecule has 0 fully saturated rings. The van der Waals surface area contributed by atoms with E-state index in [9.17, 15) is 9.59 Å². The van der Waals surface area contributed by atoms with Crippen LogP contribution in [0.5, 0.6) is 5.75 Å². The van der Waals surface area contributed by atoms with Crippen LogP contribution in [0, 0.1) is 5.92 Å². The van der Waals surface area contributed by atoms with E-state index in [0.29, 0.717) is 17.9 Å². The summed E-state index contributed by atoms with van der Waals surface area (Å²) in [4.78, 5) is 23.3. The molecule has 0 spiro atoms. The Balaban J connectivity index is 2.02. The highest BCUT2D eigenvalue weighted by Gasteiger charge is 2.10. The third-order valence-corrected chi connectivity index (χ3v) is 3.98. The fourth-order valence-corrected chi connectivity index (χ4v) is 2.29. The summed E-state index contributed by atoms with van der Waals surface area (Å²) < 4.78 is 10.4. The van der Waals surface area contributed by atoms with Crippen LogP contribution in [0.1, 0.15) is 23.7 Å². The van der Waals surface area contributed by atoms with Crippen LogP contribution < -0.4 is 4.74 Å². The van der Waals surface area contributed by atoms with Gasteiger partial charge in [-0.15, -0.1) is 6.58 Å². The third kappa shape index (κ3) is 5.18. The van der Waals surface area contributed by atoms with Gasteiger partial charge in [-0.1, -0.05) is 43.8 Å². The molecule has 0 aliphatic rings. The summed E-state index contributed by atoms with van der Waals surface area (Å²) in [6.45, 7) is 9.46. The molecule has 2 aromatic carbocycles. The Bertz CT molecular complexity index is 773. The lowest BCUT2D eigenvalue weighted by atomic mass is 10.0. The molecule has 2 rings (SSSR count). The van der Waals surface area contributed by atoms with Gasteiger partial charge in [-0.25, -0.2) is 9.59 Å². The second-order valence-corrected chi connectivity index (χ2v) is 5.73. The molecular formula is C22H22O4. The van der Waals surface area contributed by atoms with Gasteiger partial charge in [0.1, 0.15) is 5.75 Å². The third-order valence-electron chi connectivity index (χ3n) is 3.98. The summed E-state index contributed by atoms with van der Waals surface area (Å²) in [5.41, 5.74) is 2.39. The molecule has 0 N–H and O–H groups in total. The van der Waals surface area contributed by atoms with Gasteiger partial charge >= 0.3 is 11.9 Å². The van der Waals surface area contributed by atoms with Crippen LogP contribution in [0.15, 0.2) is 73.8 Å². The van der Waals surface area contributed by atoms with E-state index in [2.05, 4.69) is 13.2 Å². The first-order valence-electron chi connectivity index (χ1n) is 8.41. The minimum Gasteiger partial charge on any atom is -0.461 e. The zero-order valence-electron chi connectivity index (χ0n) is 14.8. The van der Waals surface area contributed by atoms with Gasteiger partial charge in [-0.3, -0.25) is 0 Å². The number of ether oxygens (including phenoxy) is 2. The highest BCUT2D eigenvalue weighted by Crippen LogP contribution is 2.23. The molecular weight excluding hydrogens is 328 g/mol. The van der Waals surface area contributed by atoms with E-state index in [-0.39, 0.29) is 11.9 Å².